The van der Waals surface area contributed by atoms with Crippen LogP contribution in [0.15, 0.2) is 6.07 Å². The zero-order chi connectivity index (χ0) is 15.9. The number of aryl methyl sites for hydroxylation is 1. The van der Waals surface area contributed by atoms with Crippen LogP contribution in [0.4, 0.5) is 5.69 Å². The first-order valence-corrected chi connectivity index (χ1v) is 7.19. The largest absolute Gasteiger partial charge is 0.504 e. The van der Waals surface area contributed by atoms with Gasteiger partial charge in [0.25, 0.3) is 0 Å². The maximum absolute atomic E-state index is 10.1. The van der Waals surface area contributed by atoms with Crippen LogP contribution in [-0.4, -0.2) is 21.8 Å². The highest BCUT2D eigenvalue weighted by Crippen LogP contribution is 2.49. The van der Waals surface area contributed by atoms with Gasteiger partial charge in [0.05, 0.1) is 5.69 Å². The highest BCUT2D eigenvalue weighted by Gasteiger charge is 2.46. The minimum absolute atomic E-state index is 0.0664. The number of nitrogens with one attached hydrogen (secondary N) is 1. The molecular weight excluding hydrogens is 252 g/mol. The molecule has 1 atom stereocenters. The van der Waals surface area contributed by atoms with Crippen molar-refractivity contribution >= 4 is 5.69 Å². The quantitative estimate of drug-likeness (QED) is 0.550. The molecule has 0 aliphatic carbocycles. The summed E-state index contributed by atoms with van der Waals surface area (Å²) in [4.78, 5) is 0. The summed E-state index contributed by atoms with van der Waals surface area (Å²) in [6.07, 6.45) is 0. The standard InChI is InChI=1S/C14H22N2O2.C2H6/c1-7-6-8-9(11(18)10(7)17)16-14(4,5)12(15)13(8,2)3;1-2/h6,12,16-18H,15H2,1-5H3;1-2H3/t12-;/m0./s1. The van der Waals surface area contributed by atoms with Crippen LogP contribution in [0.1, 0.15) is 52.7 Å². The van der Waals surface area contributed by atoms with Gasteiger partial charge in [-0.3, -0.25) is 0 Å². The second-order valence-corrected chi connectivity index (χ2v) is 6.36. The van der Waals surface area contributed by atoms with Crippen LogP contribution in [0.25, 0.3) is 0 Å². The molecule has 1 aromatic rings. The van der Waals surface area contributed by atoms with Crippen LogP contribution in [0.5, 0.6) is 11.5 Å². The molecule has 1 aliphatic rings. The number of rotatable bonds is 0. The van der Waals surface area contributed by atoms with Gasteiger partial charge in [0.15, 0.2) is 11.5 Å². The van der Waals surface area contributed by atoms with Crippen molar-refractivity contribution in [1.82, 2.24) is 0 Å². The number of aromatic hydroxyl groups is 2. The van der Waals surface area contributed by atoms with E-state index in [1.54, 1.807) is 6.92 Å². The van der Waals surface area contributed by atoms with Gasteiger partial charge in [0.1, 0.15) is 0 Å². The van der Waals surface area contributed by atoms with Crippen molar-refractivity contribution in [1.29, 1.82) is 0 Å². The predicted octanol–water partition coefficient (Wildman–Crippen LogP) is 3.24. The molecule has 0 amide bonds. The van der Waals surface area contributed by atoms with Crippen LogP contribution in [0.3, 0.4) is 0 Å². The molecule has 0 fully saturated rings. The van der Waals surface area contributed by atoms with E-state index in [0.717, 1.165) is 5.56 Å². The van der Waals surface area contributed by atoms with Crippen molar-refractivity contribution < 1.29 is 10.2 Å². The molecule has 5 N–H and O–H groups in total. The van der Waals surface area contributed by atoms with Crippen molar-refractivity contribution in [2.45, 2.75) is 65.5 Å². The Labute approximate surface area is 122 Å². The molecule has 0 unspecified atom stereocenters. The van der Waals surface area contributed by atoms with E-state index in [-0.39, 0.29) is 28.5 Å². The minimum atomic E-state index is -0.352. The number of hydrogen-bond donors (Lipinski definition) is 4. The molecule has 0 radical (unpaired) electrons. The number of hydrogen-bond acceptors (Lipinski definition) is 4. The molecule has 1 aliphatic heterocycles. The lowest BCUT2D eigenvalue weighted by molar-refractivity contribution is 0.287. The molecule has 4 nitrogen and oxygen atoms in total. The number of benzene rings is 1. The Bertz CT molecular complexity index is 508. The molecule has 1 aromatic carbocycles. The van der Waals surface area contributed by atoms with Gasteiger partial charge in [-0.1, -0.05) is 27.7 Å². The van der Waals surface area contributed by atoms with E-state index >= 15 is 0 Å². The summed E-state index contributed by atoms with van der Waals surface area (Å²) in [7, 11) is 0. The summed E-state index contributed by atoms with van der Waals surface area (Å²) in [5.41, 5.74) is 7.91. The van der Waals surface area contributed by atoms with E-state index in [4.69, 9.17) is 5.73 Å². The van der Waals surface area contributed by atoms with Gasteiger partial charge < -0.3 is 21.3 Å². The maximum atomic E-state index is 10.1. The van der Waals surface area contributed by atoms with Gasteiger partial charge in [-0.05, 0) is 38.0 Å². The second-order valence-electron chi connectivity index (χ2n) is 6.36. The lowest BCUT2D eigenvalue weighted by Crippen LogP contribution is -2.61. The van der Waals surface area contributed by atoms with Crippen LogP contribution in [0.2, 0.25) is 0 Å². The van der Waals surface area contributed by atoms with Crippen molar-refractivity contribution in [3.63, 3.8) is 0 Å². The molecule has 0 bridgehead atoms. The van der Waals surface area contributed by atoms with E-state index < -0.39 is 0 Å². The number of anilines is 1. The summed E-state index contributed by atoms with van der Waals surface area (Å²) in [5, 5.41) is 23.2. The Morgan fingerprint density at radius 3 is 2.10 bits per heavy atom. The van der Waals surface area contributed by atoms with Gasteiger partial charge in [-0.2, -0.15) is 0 Å². The Balaban J connectivity index is 0.000000956. The van der Waals surface area contributed by atoms with Crippen molar-refractivity contribution in [2.75, 3.05) is 5.32 Å². The van der Waals surface area contributed by atoms with Crippen LogP contribution >= 0.6 is 0 Å². The fourth-order valence-electron chi connectivity index (χ4n) is 2.89. The van der Waals surface area contributed by atoms with E-state index in [0.29, 0.717) is 11.3 Å². The van der Waals surface area contributed by atoms with E-state index in [9.17, 15) is 10.2 Å². The lowest BCUT2D eigenvalue weighted by Gasteiger charge is -2.49. The zero-order valence-electron chi connectivity index (χ0n) is 13.6. The molecule has 0 saturated carbocycles. The Morgan fingerprint density at radius 2 is 1.60 bits per heavy atom. The lowest BCUT2D eigenvalue weighted by atomic mass is 9.67. The molecule has 1 heterocycles. The van der Waals surface area contributed by atoms with Gasteiger partial charge in [-0.25, -0.2) is 0 Å². The third-order valence-corrected chi connectivity index (χ3v) is 4.16. The first kappa shape index (κ1) is 16.6. The Kier molecular flexibility index (Phi) is 4.30. The summed E-state index contributed by atoms with van der Waals surface area (Å²) in [6, 6.07) is 1.80. The maximum Gasteiger partial charge on any atom is 0.181 e. The van der Waals surface area contributed by atoms with Gasteiger partial charge in [0.2, 0.25) is 0 Å². The Hall–Kier alpha value is -1.42. The van der Waals surface area contributed by atoms with Crippen LogP contribution in [0, 0.1) is 6.92 Å². The number of fused-ring (bicyclic) bond motifs is 1. The molecule has 0 aromatic heterocycles. The molecule has 114 valence electrons. The average molecular weight is 280 g/mol. The van der Waals surface area contributed by atoms with Crippen molar-refractivity contribution in [3.05, 3.63) is 17.2 Å². The van der Waals surface area contributed by atoms with E-state index in [2.05, 4.69) is 19.2 Å². The first-order valence-electron chi connectivity index (χ1n) is 7.19. The minimum Gasteiger partial charge on any atom is -0.504 e. The third-order valence-electron chi connectivity index (χ3n) is 4.16. The molecule has 2 rings (SSSR count). The van der Waals surface area contributed by atoms with Gasteiger partial charge in [0, 0.05) is 17.0 Å². The second kappa shape index (κ2) is 5.17. The molecule has 20 heavy (non-hydrogen) atoms. The summed E-state index contributed by atoms with van der Waals surface area (Å²) >= 11 is 0. The molecule has 4 heteroatoms. The fraction of sp³-hybridized carbons (Fsp3) is 0.625. The van der Waals surface area contributed by atoms with E-state index in [1.165, 1.54) is 0 Å². The normalized spacial score (nSPS) is 22.1. The summed E-state index contributed by atoms with van der Waals surface area (Å²) in [5.74, 6) is -0.152. The van der Waals surface area contributed by atoms with Gasteiger partial charge in [-0.15, -0.1) is 0 Å². The van der Waals surface area contributed by atoms with Crippen molar-refractivity contribution in [3.8, 4) is 11.5 Å². The number of nitrogens with two attached hydrogens (primary N) is 1. The first-order chi connectivity index (χ1) is 9.09. The van der Waals surface area contributed by atoms with Crippen molar-refractivity contribution in [2.24, 2.45) is 5.73 Å². The van der Waals surface area contributed by atoms with Crippen LogP contribution in [-0.2, 0) is 5.41 Å². The highest BCUT2D eigenvalue weighted by molar-refractivity contribution is 5.73. The SMILES string of the molecule is CC.Cc1cc2c(c(O)c1O)NC(C)(C)[C@@H](N)C2(C)C. The predicted molar refractivity (Wildman–Crippen MR) is 84.6 cm³/mol. The highest BCUT2D eigenvalue weighted by atomic mass is 16.3. The summed E-state index contributed by atoms with van der Waals surface area (Å²) < 4.78 is 0. The Morgan fingerprint density at radius 1 is 1.10 bits per heavy atom. The average Bonchev–Trinajstić information content (AvgIpc) is 2.39. The molecule has 0 spiro atoms. The number of phenolic OH excluding ortho intramolecular Hbond substituents is 2. The topological polar surface area (TPSA) is 78.5 Å². The fourth-order valence-corrected chi connectivity index (χ4v) is 2.89. The monoisotopic (exact) mass is 280 g/mol. The molecule has 0 saturated heterocycles. The smallest absolute Gasteiger partial charge is 0.181 e. The third kappa shape index (κ3) is 2.33. The van der Waals surface area contributed by atoms with Gasteiger partial charge >= 0.3 is 0 Å². The van der Waals surface area contributed by atoms with E-state index in [1.807, 2.05) is 33.8 Å². The zero-order valence-corrected chi connectivity index (χ0v) is 13.6. The number of phenols is 2. The molecular formula is C16H28N2O2. The summed E-state index contributed by atoms with van der Waals surface area (Å²) in [6.45, 7) is 13.9. The van der Waals surface area contributed by atoms with Crippen LogP contribution < -0.4 is 11.1 Å².